The number of nitro groups is 1. The summed E-state index contributed by atoms with van der Waals surface area (Å²) in [7, 11) is 0. The van der Waals surface area contributed by atoms with Gasteiger partial charge in [0.25, 0.3) is 5.91 Å². The van der Waals surface area contributed by atoms with Crippen LogP contribution in [0.2, 0.25) is 0 Å². The van der Waals surface area contributed by atoms with E-state index in [9.17, 15) is 14.9 Å². The van der Waals surface area contributed by atoms with Crippen molar-refractivity contribution in [1.29, 1.82) is 0 Å². The molecule has 156 valence electrons. The molecule has 5 rings (SSSR count). The fraction of sp³-hybridized carbons (Fsp3) is 0.261. The van der Waals surface area contributed by atoms with E-state index in [0.29, 0.717) is 6.42 Å². The number of hydrogen-bond donors (Lipinski definition) is 3. The third-order valence-electron chi connectivity index (χ3n) is 5.27. The largest absolute Gasteiger partial charge is 0.361 e. The van der Waals surface area contributed by atoms with Crippen LogP contribution in [0.5, 0.6) is 0 Å². The van der Waals surface area contributed by atoms with Crippen molar-refractivity contribution < 1.29 is 9.72 Å². The van der Waals surface area contributed by atoms with Gasteiger partial charge in [0.05, 0.1) is 0 Å². The van der Waals surface area contributed by atoms with Crippen molar-refractivity contribution in [3.05, 3.63) is 81.2 Å². The first-order valence-electron chi connectivity index (χ1n) is 9.59. The van der Waals surface area contributed by atoms with Crippen molar-refractivity contribution in [2.75, 3.05) is 13.1 Å². The topological polar surface area (TPSA) is 104 Å². The van der Waals surface area contributed by atoms with Crippen molar-refractivity contribution in [2.24, 2.45) is 0 Å². The Morgan fingerprint density at radius 3 is 2.50 bits per heavy atom. The lowest BCUT2D eigenvalue weighted by atomic mass is 10.1. The quantitative estimate of drug-likeness (QED) is 0.347. The molecular weight excluding hydrogens is 380 g/mol. The number of aromatic nitrogens is 2. The molecule has 0 radical (unpaired) electrons. The van der Waals surface area contributed by atoms with Crippen LogP contribution in [0.15, 0.2) is 48.8 Å². The number of benzene rings is 2. The van der Waals surface area contributed by atoms with Gasteiger partial charge in [0.1, 0.15) is 0 Å². The van der Waals surface area contributed by atoms with Gasteiger partial charge in [-0.3, -0.25) is 14.9 Å². The Morgan fingerprint density at radius 1 is 1.03 bits per heavy atom. The van der Waals surface area contributed by atoms with Crippen LogP contribution in [0.4, 0.5) is 0 Å². The second-order valence-corrected chi connectivity index (χ2v) is 7.17. The molecule has 0 saturated carbocycles. The van der Waals surface area contributed by atoms with E-state index >= 15 is 0 Å². The van der Waals surface area contributed by atoms with Crippen LogP contribution in [0.1, 0.15) is 34.5 Å². The van der Waals surface area contributed by atoms with Gasteiger partial charge < -0.3 is 15.3 Å². The summed E-state index contributed by atoms with van der Waals surface area (Å²) in [5, 5.41) is 15.4. The summed E-state index contributed by atoms with van der Waals surface area (Å²) in [5.74, 6) is 0.0361. The van der Waals surface area contributed by atoms with Crippen LogP contribution in [-0.4, -0.2) is 33.9 Å². The fourth-order valence-electron chi connectivity index (χ4n) is 3.91. The molecular formula is C23H26N4O3. The summed E-state index contributed by atoms with van der Waals surface area (Å²) in [6, 6.07) is 11.8. The summed E-state index contributed by atoms with van der Waals surface area (Å²) < 4.78 is 0. The molecule has 7 heteroatoms. The number of hydrogen-bond acceptors (Lipinski definition) is 3. The second-order valence-electron chi connectivity index (χ2n) is 7.17. The van der Waals surface area contributed by atoms with Gasteiger partial charge in [0, 0.05) is 57.7 Å². The number of carbonyl (C=O) groups excluding carboxylic acids is 1. The molecule has 30 heavy (non-hydrogen) atoms. The maximum atomic E-state index is 11.7. The van der Waals surface area contributed by atoms with E-state index in [4.69, 9.17) is 0 Å². The molecule has 0 saturated heterocycles. The maximum absolute atomic E-state index is 11.7. The van der Waals surface area contributed by atoms with Crippen molar-refractivity contribution in [3.63, 3.8) is 0 Å². The number of aromatic amines is 2. The number of nitrogens with zero attached hydrogens (tertiary/aromatic N) is 1. The first kappa shape index (κ1) is 21.1. The predicted molar refractivity (Wildman–Crippen MR) is 120 cm³/mol. The Morgan fingerprint density at radius 2 is 1.73 bits per heavy atom. The Bertz CT molecular complexity index is 1210. The Labute approximate surface area is 174 Å². The third kappa shape index (κ3) is 4.05. The van der Waals surface area contributed by atoms with Crippen molar-refractivity contribution in [2.45, 2.75) is 27.2 Å². The molecule has 0 unspecified atom stereocenters. The number of aryl methyl sites for hydroxylation is 1. The van der Waals surface area contributed by atoms with Crippen LogP contribution >= 0.6 is 0 Å². The van der Waals surface area contributed by atoms with Gasteiger partial charge in [-0.05, 0) is 48.2 Å². The van der Waals surface area contributed by atoms with Gasteiger partial charge in [0.15, 0.2) is 0 Å². The van der Waals surface area contributed by atoms with Gasteiger partial charge in [0.2, 0.25) is 6.54 Å². The first-order valence-corrected chi connectivity index (χ1v) is 9.59. The SMILES string of the molecule is C.Cc1cccc2[nH]cc(CC[N+](=O)[O-])c12.O=C1NCCc2c[nH]c3cccc1c23. The zero-order valence-electron chi connectivity index (χ0n) is 16.1. The molecule has 0 bridgehead atoms. The highest BCUT2D eigenvalue weighted by Gasteiger charge is 2.17. The molecule has 1 aliphatic rings. The lowest BCUT2D eigenvalue weighted by molar-refractivity contribution is -0.479. The average Bonchev–Trinajstić information content (AvgIpc) is 3.27. The lowest BCUT2D eigenvalue weighted by Gasteiger charge is -2.00. The molecule has 3 N–H and O–H groups in total. The summed E-state index contributed by atoms with van der Waals surface area (Å²) in [5.41, 5.74) is 6.31. The van der Waals surface area contributed by atoms with E-state index in [1.54, 1.807) is 0 Å². The van der Waals surface area contributed by atoms with Crippen LogP contribution in [0.25, 0.3) is 21.8 Å². The average molecular weight is 406 g/mol. The highest BCUT2D eigenvalue weighted by molar-refractivity contribution is 6.08. The van der Waals surface area contributed by atoms with Crippen LogP contribution in [0, 0.1) is 17.0 Å². The minimum absolute atomic E-state index is 0. The zero-order valence-corrected chi connectivity index (χ0v) is 16.1. The predicted octanol–water partition coefficient (Wildman–Crippen LogP) is 4.39. The smallest absolute Gasteiger partial charge is 0.251 e. The Balaban J connectivity index is 0.000000165. The number of H-pyrrole nitrogens is 2. The molecule has 2 aromatic heterocycles. The molecule has 2 aromatic carbocycles. The van der Waals surface area contributed by atoms with Crippen LogP contribution in [0.3, 0.4) is 0 Å². The monoisotopic (exact) mass is 406 g/mol. The Hall–Kier alpha value is -3.61. The van der Waals surface area contributed by atoms with E-state index in [1.165, 1.54) is 5.56 Å². The summed E-state index contributed by atoms with van der Waals surface area (Å²) in [6.45, 7) is 2.73. The fourth-order valence-corrected chi connectivity index (χ4v) is 3.91. The second kappa shape index (κ2) is 8.82. The summed E-state index contributed by atoms with van der Waals surface area (Å²) in [4.78, 5) is 28.0. The highest BCUT2D eigenvalue weighted by Crippen LogP contribution is 2.24. The van der Waals surface area contributed by atoms with Crippen molar-refractivity contribution >= 4 is 27.7 Å². The third-order valence-corrected chi connectivity index (χ3v) is 5.27. The molecule has 0 fully saturated rings. The molecule has 0 spiro atoms. The van der Waals surface area contributed by atoms with Crippen LogP contribution < -0.4 is 5.32 Å². The van der Waals surface area contributed by atoms with Gasteiger partial charge in [-0.15, -0.1) is 0 Å². The van der Waals surface area contributed by atoms with E-state index in [1.807, 2.05) is 55.7 Å². The number of rotatable bonds is 3. The molecule has 1 aliphatic heterocycles. The van der Waals surface area contributed by atoms with E-state index in [2.05, 4.69) is 15.3 Å². The maximum Gasteiger partial charge on any atom is 0.251 e. The normalized spacial score (nSPS) is 12.5. The molecule has 3 heterocycles. The number of nitrogens with one attached hydrogen (secondary N) is 3. The summed E-state index contributed by atoms with van der Waals surface area (Å²) >= 11 is 0. The van der Waals surface area contributed by atoms with Crippen molar-refractivity contribution in [1.82, 2.24) is 15.3 Å². The molecule has 1 amide bonds. The minimum Gasteiger partial charge on any atom is -0.361 e. The van der Waals surface area contributed by atoms with Crippen molar-refractivity contribution in [3.8, 4) is 0 Å². The van der Waals surface area contributed by atoms with Gasteiger partial charge >= 0.3 is 0 Å². The minimum atomic E-state index is -0.281. The molecule has 4 aromatic rings. The van der Waals surface area contributed by atoms with E-state index < -0.39 is 0 Å². The number of carbonyl (C=O) groups is 1. The van der Waals surface area contributed by atoms with Gasteiger partial charge in [-0.25, -0.2) is 0 Å². The first-order chi connectivity index (χ1) is 14.0. The number of amides is 1. The molecule has 0 atom stereocenters. The standard InChI is InChI=1S/C11H12N2O2.C11H10N2O.CH4/c1-8-3-2-4-10-11(8)9(7-12-10)5-6-13(14)15;14-11-8-2-1-3-9-10(8)7(6-13-9)4-5-12-11;/h2-4,7,12H,5-6H2,1H3;1-3,6,13H,4-5H2,(H,12,14);1H4. The molecule has 7 nitrogen and oxygen atoms in total. The van der Waals surface area contributed by atoms with E-state index in [0.717, 1.165) is 51.5 Å². The van der Waals surface area contributed by atoms with E-state index in [-0.39, 0.29) is 24.8 Å². The number of fused-ring (bicyclic) bond motifs is 1. The summed E-state index contributed by atoms with van der Waals surface area (Å²) in [6.07, 6.45) is 5.25. The Kier molecular flexibility index (Phi) is 6.20. The highest BCUT2D eigenvalue weighted by atomic mass is 16.6. The zero-order chi connectivity index (χ0) is 20.4. The molecule has 0 aliphatic carbocycles. The van der Waals surface area contributed by atoms with Gasteiger partial charge in [-0.1, -0.05) is 25.6 Å². The lowest BCUT2D eigenvalue weighted by Crippen LogP contribution is -2.23. The van der Waals surface area contributed by atoms with Gasteiger partial charge in [-0.2, -0.15) is 0 Å². The van der Waals surface area contributed by atoms with Crippen LogP contribution in [-0.2, 0) is 12.8 Å².